The first-order valence-electron chi connectivity index (χ1n) is 9.84. The van der Waals surface area contributed by atoms with Crippen LogP contribution in [0.3, 0.4) is 0 Å². The standard InChI is InChI=1S/C24H19Cl2N3O3/c1-13-3-5-15(6-4-13)22-27-19-10-7-16(11-21(19)28-22)24(31)32-14(2)23(30)29-20-12-17(25)8-9-18(20)26/h3-12,14H,1-2H3,(H,27,28)(H,29,30). The van der Waals surface area contributed by atoms with Crippen LogP contribution in [0.15, 0.2) is 60.7 Å². The molecule has 2 N–H and O–H groups in total. The van der Waals surface area contributed by atoms with E-state index < -0.39 is 18.0 Å². The Kier molecular flexibility index (Phi) is 6.17. The highest BCUT2D eigenvalue weighted by Gasteiger charge is 2.20. The summed E-state index contributed by atoms with van der Waals surface area (Å²) in [6.07, 6.45) is -1.04. The molecule has 0 saturated carbocycles. The van der Waals surface area contributed by atoms with Crippen LogP contribution in [0.2, 0.25) is 10.0 Å². The van der Waals surface area contributed by atoms with Gasteiger partial charge in [0.05, 0.1) is 27.3 Å². The van der Waals surface area contributed by atoms with Gasteiger partial charge in [-0.2, -0.15) is 0 Å². The summed E-state index contributed by atoms with van der Waals surface area (Å²) in [6, 6.07) is 17.7. The molecule has 0 aliphatic rings. The van der Waals surface area contributed by atoms with E-state index in [1.807, 2.05) is 31.2 Å². The number of nitrogens with one attached hydrogen (secondary N) is 2. The largest absolute Gasteiger partial charge is 0.449 e. The summed E-state index contributed by atoms with van der Waals surface area (Å²) in [5.74, 6) is -0.443. The van der Waals surface area contributed by atoms with Crippen LogP contribution in [0.4, 0.5) is 5.69 Å². The summed E-state index contributed by atoms with van der Waals surface area (Å²) >= 11 is 12.0. The Morgan fingerprint density at radius 1 is 1.03 bits per heavy atom. The molecule has 1 heterocycles. The summed E-state index contributed by atoms with van der Waals surface area (Å²) in [6.45, 7) is 3.50. The molecule has 162 valence electrons. The number of aromatic amines is 1. The van der Waals surface area contributed by atoms with Crippen molar-refractivity contribution in [3.8, 4) is 11.4 Å². The molecule has 1 atom stereocenters. The number of benzene rings is 3. The third kappa shape index (κ3) is 4.77. The summed E-state index contributed by atoms with van der Waals surface area (Å²) in [5, 5.41) is 3.37. The van der Waals surface area contributed by atoms with Crippen LogP contribution in [0.25, 0.3) is 22.4 Å². The van der Waals surface area contributed by atoms with Crippen molar-refractivity contribution in [2.75, 3.05) is 5.32 Å². The van der Waals surface area contributed by atoms with E-state index in [4.69, 9.17) is 27.9 Å². The molecule has 0 aliphatic heterocycles. The predicted molar refractivity (Wildman–Crippen MR) is 126 cm³/mol. The van der Waals surface area contributed by atoms with Crippen molar-refractivity contribution in [2.24, 2.45) is 0 Å². The van der Waals surface area contributed by atoms with E-state index in [2.05, 4.69) is 15.3 Å². The van der Waals surface area contributed by atoms with Crippen molar-refractivity contribution in [3.63, 3.8) is 0 Å². The van der Waals surface area contributed by atoms with Gasteiger partial charge in [-0.3, -0.25) is 4.79 Å². The zero-order chi connectivity index (χ0) is 22.8. The Morgan fingerprint density at radius 3 is 2.53 bits per heavy atom. The molecule has 0 fully saturated rings. The Morgan fingerprint density at radius 2 is 1.78 bits per heavy atom. The minimum atomic E-state index is -1.04. The van der Waals surface area contributed by atoms with Crippen LogP contribution >= 0.6 is 23.2 Å². The fraction of sp³-hybridized carbons (Fsp3) is 0.125. The molecular weight excluding hydrogens is 449 g/mol. The first-order valence-corrected chi connectivity index (χ1v) is 10.6. The van der Waals surface area contributed by atoms with Gasteiger partial charge in [0.15, 0.2) is 6.10 Å². The minimum Gasteiger partial charge on any atom is -0.449 e. The maximum absolute atomic E-state index is 12.6. The number of amides is 1. The molecule has 8 heteroatoms. The highest BCUT2D eigenvalue weighted by Crippen LogP contribution is 2.26. The van der Waals surface area contributed by atoms with Crippen molar-refractivity contribution in [1.29, 1.82) is 0 Å². The van der Waals surface area contributed by atoms with Gasteiger partial charge < -0.3 is 15.0 Å². The molecule has 0 aliphatic carbocycles. The smallest absolute Gasteiger partial charge is 0.338 e. The lowest BCUT2D eigenvalue weighted by Gasteiger charge is -2.14. The van der Waals surface area contributed by atoms with Crippen molar-refractivity contribution >= 4 is 51.8 Å². The Hall–Kier alpha value is -3.35. The molecule has 0 radical (unpaired) electrons. The molecule has 1 unspecified atom stereocenters. The molecule has 1 aromatic heterocycles. The normalized spacial score (nSPS) is 11.9. The van der Waals surface area contributed by atoms with Crippen molar-refractivity contribution in [1.82, 2.24) is 9.97 Å². The van der Waals surface area contributed by atoms with Gasteiger partial charge in [-0.1, -0.05) is 53.0 Å². The average Bonchev–Trinajstić information content (AvgIpc) is 3.20. The van der Waals surface area contributed by atoms with E-state index in [-0.39, 0.29) is 0 Å². The number of esters is 1. The summed E-state index contributed by atoms with van der Waals surface area (Å²) in [5.41, 5.74) is 4.16. The number of aryl methyl sites for hydroxylation is 1. The molecule has 0 saturated heterocycles. The van der Waals surface area contributed by atoms with Gasteiger partial charge in [0.2, 0.25) is 0 Å². The Labute approximate surface area is 194 Å². The van der Waals surface area contributed by atoms with Crippen LogP contribution < -0.4 is 5.32 Å². The lowest BCUT2D eigenvalue weighted by atomic mass is 10.1. The number of aromatic nitrogens is 2. The van der Waals surface area contributed by atoms with Crippen LogP contribution in [0.5, 0.6) is 0 Å². The number of ether oxygens (including phenoxy) is 1. The van der Waals surface area contributed by atoms with Crippen LogP contribution in [0.1, 0.15) is 22.8 Å². The first kappa shape index (κ1) is 21.9. The molecular formula is C24H19Cl2N3O3. The van der Waals surface area contributed by atoms with E-state index in [0.717, 1.165) is 16.6 Å². The number of hydrogen-bond acceptors (Lipinski definition) is 4. The summed E-state index contributed by atoms with van der Waals surface area (Å²) in [4.78, 5) is 32.8. The Balaban J connectivity index is 1.47. The number of halogens is 2. The number of fused-ring (bicyclic) bond motifs is 1. The van der Waals surface area contributed by atoms with Crippen molar-refractivity contribution in [3.05, 3.63) is 81.8 Å². The van der Waals surface area contributed by atoms with Crippen LogP contribution in [-0.2, 0) is 9.53 Å². The van der Waals surface area contributed by atoms with E-state index in [9.17, 15) is 9.59 Å². The van der Waals surface area contributed by atoms with E-state index in [1.54, 1.807) is 30.3 Å². The fourth-order valence-corrected chi connectivity index (χ4v) is 3.43. The van der Waals surface area contributed by atoms with E-state index in [1.165, 1.54) is 13.0 Å². The first-order chi connectivity index (χ1) is 15.3. The molecule has 0 spiro atoms. The minimum absolute atomic E-state index is 0.303. The molecule has 3 aromatic carbocycles. The van der Waals surface area contributed by atoms with Gasteiger partial charge in [0.1, 0.15) is 5.82 Å². The second kappa shape index (κ2) is 9.02. The van der Waals surface area contributed by atoms with E-state index >= 15 is 0 Å². The number of imidazole rings is 1. The monoisotopic (exact) mass is 467 g/mol. The van der Waals surface area contributed by atoms with Gasteiger partial charge in [-0.05, 0) is 50.2 Å². The Bertz CT molecular complexity index is 1320. The summed E-state index contributed by atoms with van der Waals surface area (Å²) < 4.78 is 5.33. The molecule has 0 bridgehead atoms. The SMILES string of the molecule is Cc1ccc(-c2nc3ccc(C(=O)OC(C)C(=O)Nc4cc(Cl)ccc4Cl)cc3[nH]2)cc1. The maximum Gasteiger partial charge on any atom is 0.338 e. The van der Waals surface area contributed by atoms with E-state index in [0.29, 0.717) is 32.6 Å². The van der Waals surface area contributed by atoms with Gasteiger partial charge in [0.25, 0.3) is 5.91 Å². The zero-order valence-electron chi connectivity index (χ0n) is 17.3. The van der Waals surface area contributed by atoms with Crippen LogP contribution in [0, 0.1) is 6.92 Å². The number of rotatable bonds is 5. The molecule has 6 nitrogen and oxygen atoms in total. The molecule has 32 heavy (non-hydrogen) atoms. The average molecular weight is 468 g/mol. The van der Waals surface area contributed by atoms with Gasteiger partial charge in [0, 0.05) is 10.6 Å². The fourth-order valence-electron chi connectivity index (χ4n) is 3.09. The lowest BCUT2D eigenvalue weighted by Crippen LogP contribution is -2.30. The second-order valence-corrected chi connectivity index (χ2v) is 8.19. The number of anilines is 1. The molecule has 1 amide bonds. The number of hydrogen-bond donors (Lipinski definition) is 2. The number of H-pyrrole nitrogens is 1. The van der Waals surface area contributed by atoms with Crippen molar-refractivity contribution < 1.29 is 14.3 Å². The number of carbonyl (C=O) groups excluding carboxylic acids is 2. The maximum atomic E-state index is 12.6. The highest BCUT2D eigenvalue weighted by molar-refractivity contribution is 6.35. The predicted octanol–water partition coefficient (Wildman–Crippen LogP) is 6.03. The molecule has 4 rings (SSSR count). The van der Waals surface area contributed by atoms with Crippen molar-refractivity contribution in [2.45, 2.75) is 20.0 Å². The quantitative estimate of drug-likeness (QED) is 0.351. The van der Waals surface area contributed by atoms with Gasteiger partial charge in [-0.15, -0.1) is 0 Å². The third-order valence-electron chi connectivity index (χ3n) is 4.88. The second-order valence-electron chi connectivity index (χ2n) is 7.34. The number of carbonyl (C=O) groups is 2. The summed E-state index contributed by atoms with van der Waals surface area (Å²) in [7, 11) is 0. The topological polar surface area (TPSA) is 84.1 Å². The molecule has 4 aromatic rings. The lowest BCUT2D eigenvalue weighted by molar-refractivity contribution is -0.123. The van der Waals surface area contributed by atoms with Gasteiger partial charge in [-0.25, -0.2) is 9.78 Å². The van der Waals surface area contributed by atoms with Gasteiger partial charge >= 0.3 is 5.97 Å². The zero-order valence-corrected chi connectivity index (χ0v) is 18.8. The highest BCUT2D eigenvalue weighted by atomic mass is 35.5. The third-order valence-corrected chi connectivity index (χ3v) is 5.45. The number of nitrogens with zero attached hydrogens (tertiary/aromatic N) is 1. The van der Waals surface area contributed by atoms with Crippen LogP contribution in [-0.4, -0.2) is 27.9 Å².